The zero-order valence-corrected chi connectivity index (χ0v) is 16.6. The number of rotatable bonds is 6. The number of nitrogens with zero attached hydrogens (tertiary/aromatic N) is 3. The fourth-order valence-corrected chi connectivity index (χ4v) is 3.94. The van der Waals surface area contributed by atoms with Crippen molar-refractivity contribution in [3.8, 4) is 0 Å². The molecule has 0 fully saturated rings. The van der Waals surface area contributed by atoms with Crippen molar-refractivity contribution >= 4 is 28.7 Å². The number of aromatic nitrogens is 2. The summed E-state index contributed by atoms with van der Waals surface area (Å²) in [4.78, 5) is 35.2. The molecule has 1 aliphatic rings. The van der Waals surface area contributed by atoms with Gasteiger partial charge in [0, 0.05) is 24.9 Å². The zero-order valence-electron chi connectivity index (χ0n) is 16.6. The Balaban J connectivity index is 1.72. The Labute approximate surface area is 177 Å². The van der Waals surface area contributed by atoms with Gasteiger partial charge in [-0.25, -0.2) is 18.7 Å². The highest BCUT2D eigenvalue weighted by Gasteiger charge is 2.28. The molecule has 31 heavy (non-hydrogen) atoms. The van der Waals surface area contributed by atoms with E-state index >= 15 is 0 Å². The molecule has 160 valence electrons. The van der Waals surface area contributed by atoms with Gasteiger partial charge in [-0.2, -0.15) is 0 Å². The highest BCUT2D eigenvalue weighted by atomic mass is 19.3. The number of hydrogen-bond donors (Lipinski definition) is 2. The average Bonchev–Trinajstić information content (AvgIpc) is 3.16. The monoisotopic (exact) mass is 425 g/mol. The number of carbonyl (C=O) groups excluding carboxylic acids is 2. The van der Waals surface area contributed by atoms with Crippen molar-refractivity contribution in [3.63, 3.8) is 0 Å². The summed E-state index contributed by atoms with van der Waals surface area (Å²) >= 11 is 0. The summed E-state index contributed by atoms with van der Waals surface area (Å²) in [5, 5.41) is 0.399. The first kappa shape index (κ1) is 20.6. The van der Waals surface area contributed by atoms with Crippen molar-refractivity contribution in [1.82, 2.24) is 14.9 Å². The molecule has 1 atom stereocenters. The Morgan fingerprint density at radius 3 is 2.32 bits per heavy atom. The van der Waals surface area contributed by atoms with E-state index in [-0.39, 0.29) is 24.0 Å². The van der Waals surface area contributed by atoms with Gasteiger partial charge in [-0.1, -0.05) is 30.3 Å². The van der Waals surface area contributed by atoms with Crippen molar-refractivity contribution in [2.45, 2.75) is 38.3 Å². The fraction of sp³-hybridized carbons (Fsp3) is 0.273. The van der Waals surface area contributed by atoms with Gasteiger partial charge in [-0.15, -0.1) is 0 Å². The van der Waals surface area contributed by atoms with Gasteiger partial charge in [0.1, 0.15) is 5.69 Å². The lowest BCUT2D eigenvalue weighted by atomic mass is 9.92. The quantitative estimate of drug-likeness (QED) is 0.630. The molecule has 0 aliphatic carbocycles. The Morgan fingerprint density at radius 2 is 1.71 bits per heavy atom. The molecule has 1 unspecified atom stereocenters. The van der Waals surface area contributed by atoms with Crippen molar-refractivity contribution < 1.29 is 18.4 Å². The van der Waals surface area contributed by atoms with Gasteiger partial charge in [0.05, 0.1) is 11.4 Å². The van der Waals surface area contributed by atoms with Crippen LogP contribution in [0.2, 0.25) is 0 Å². The smallest absolute Gasteiger partial charge is 0.273 e. The van der Waals surface area contributed by atoms with Crippen LogP contribution in [0.4, 0.5) is 14.7 Å². The molecule has 0 radical (unpaired) electrons. The lowest BCUT2D eigenvalue weighted by molar-refractivity contribution is -0.119. The number of amides is 2. The maximum atomic E-state index is 13.3. The minimum Gasteiger partial charge on any atom is -0.369 e. The van der Waals surface area contributed by atoms with Crippen LogP contribution in [-0.4, -0.2) is 33.1 Å². The third-order valence-electron chi connectivity index (χ3n) is 5.49. The second-order valence-electron chi connectivity index (χ2n) is 7.56. The molecule has 4 N–H and O–H groups in total. The van der Waals surface area contributed by atoms with Crippen LogP contribution >= 0.6 is 0 Å². The first-order chi connectivity index (χ1) is 14.8. The standard InChI is InChI=1S/C22H21F2N5O2/c23-18(24)8-6-15(20(25)30)12-5-7-17-16(9-12)19(28-22(26)27-17)21(31)29-10-13-3-1-2-4-14(13)11-29/h1-5,7,9,15,18H,6,8,10-11H2,(H2,25,30)(H2,26,27,28). The molecule has 2 heterocycles. The van der Waals surface area contributed by atoms with E-state index in [0.29, 0.717) is 29.6 Å². The van der Waals surface area contributed by atoms with E-state index in [0.717, 1.165) is 11.1 Å². The molecule has 4 rings (SSSR count). The second kappa shape index (κ2) is 8.25. The third kappa shape index (κ3) is 4.16. The van der Waals surface area contributed by atoms with Crippen LogP contribution in [0, 0.1) is 0 Å². The largest absolute Gasteiger partial charge is 0.369 e. The zero-order chi connectivity index (χ0) is 22.1. The van der Waals surface area contributed by atoms with Crippen LogP contribution < -0.4 is 11.5 Å². The van der Waals surface area contributed by atoms with Gasteiger partial charge >= 0.3 is 0 Å². The average molecular weight is 425 g/mol. The number of anilines is 1. The molecular weight excluding hydrogens is 404 g/mol. The van der Waals surface area contributed by atoms with E-state index in [4.69, 9.17) is 11.5 Å². The van der Waals surface area contributed by atoms with E-state index < -0.39 is 24.7 Å². The van der Waals surface area contributed by atoms with Gasteiger partial charge in [0.2, 0.25) is 18.3 Å². The number of nitrogens with two attached hydrogens (primary N) is 2. The van der Waals surface area contributed by atoms with Gasteiger partial charge in [-0.05, 0) is 35.2 Å². The minimum absolute atomic E-state index is 0.0514. The molecule has 1 aromatic heterocycles. The summed E-state index contributed by atoms with van der Waals surface area (Å²) in [7, 11) is 0. The van der Waals surface area contributed by atoms with Gasteiger partial charge in [0.15, 0.2) is 0 Å². The van der Waals surface area contributed by atoms with Crippen molar-refractivity contribution in [2.75, 3.05) is 5.73 Å². The number of nitrogen functional groups attached to an aromatic ring is 1. The van der Waals surface area contributed by atoms with Crippen LogP contribution in [0.25, 0.3) is 10.9 Å². The summed E-state index contributed by atoms with van der Waals surface area (Å²) in [5.41, 5.74) is 14.4. The van der Waals surface area contributed by atoms with Crippen molar-refractivity contribution in [2.24, 2.45) is 5.73 Å². The minimum atomic E-state index is -2.54. The summed E-state index contributed by atoms with van der Waals surface area (Å²) in [6.45, 7) is 0.886. The Bertz CT molecular complexity index is 1140. The van der Waals surface area contributed by atoms with E-state index in [9.17, 15) is 18.4 Å². The molecule has 1 aliphatic heterocycles. The van der Waals surface area contributed by atoms with Gasteiger partial charge < -0.3 is 16.4 Å². The van der Waals surface area contributed by atoms with E-state index in [2.05, 4.69) is 9.97 Å². The molecule has 3 aromatic rings. The SMILES string of the molecule is NC(=O)C(CCC(F)F)c1ccc2nc(N)nc(C(=O)N3Cc4ccccc4C3)c2c1. The maximum absolute atomic E-state index is 13.3. The summed E-state index contributed by atoms with van der Waals surface area (Å²) in [6, 6.07) is 12.5. The van der Waals surface area contributed by atoms with E-state index in [1.165, 1.54) is 0 Å². The molecule has 7 nitrogen and oxygen atoms in total. The predicted octanol–water partition coefficient (Wildman–Crippen LogP) is 2.98. The maximum Gasteiger partial charge on any atom is 0.273 e. The topological polar surface area (TPSA) is 115 Å². The van der Waals surface area contributed by atoms with Crippen LogP contribution in [0.3, 0.4) is 0 Å². The van der Waals surface area contributed by atoms with Crippen molar-refractivity contribution in [1.29, 1.82) is 0 Å². The predicted molar refractivity (Wildman–Crippen MR) is 111 cm³/mol. The van der Waals surface area contributed by atoms with Gasteiger partial charge in [0.25, 0.3) is 5.91 Å². The summed E-state index contributed by atoms with van der Waals surface area (Å²) in [5.74, 6) is -1.99. The third-order valence-corrected chi connectivity index (χ3v) is 5.49. The fourth-order valence-electron chi connectivity index (χ4n) is 3.94. The van der Waals surface area contributed by atoms with Crippen LogP contribution in [0.5, 0.6) is 0 Å². The first-order valence-corrected chi connectivity index (χ1v) is 9.84. The lowest BCUT2D eigenvalue weighted by Gasteiger charge is -2.18. The molecule has 0 saturated carbocycles. The number of alkyl halides is 2. The number of hydrogen-bond acceptors (Lipinski definition) is 5. The first-order valence-electron chi connectivity index (χ1n) is 9.84. The summed E-state index contributed by atoms with van der Waals surface area (Å²) < 4.78 is 25.4. The number of fused-ring (bicyclic) bond motifs is 2. The van der Waals surface area contributed by atoms with Crippen molar-refractivity contribution in [3.05, 3.63) is 64.8 Å². The Hall–Kier alpha value is -3.62. The molecule has 0 spiro atoms. The molecular formula is C22H21F2N5O2. The Kier molecular flexibility index (Phi) is 5.50. The molecule has 0 bridgehead atoms. The van der Waals surface area contributed by atoms with Gasteiger partial charge in [-0.3, -0.25) is 9.59 Å². The highest BCUT2D eigenvalue weighted by Crippen LogP contribution is 2.30. The van der Waals surface area contributed by atoms with Crippen LogP contribution in [-0.2, 0) is 17.9 Å². The second-order valence-corrected chi connectivity index (χ2v) is 7.56. The highest BCUT2D eigenvalue weighted by molar-refractivity contribution is 6.05. The molecule has 2 amide bonds. The van der Waals surface area contributed by atoms with E-state index in [1.807, 2.05) is 24.3 Å². The van der Waals surface area contributed by atoms with Crippen LogP contribution in [0.1, 0.15) is 45.9 Å². The molecule has 0 saturated heterocycles. The number of primary amides is 1. The van der Waals surface area contributed by atoms with E-state index in [1.54, 1.807) is 23.1 Å². The lowest BCUT2D eigenvalue weighted by Crippen LogP contribution is -2.27. The number of carbonyl (C=O) groups is 2. The Morgan fingerprint density at radius 1 is 1.03 bits per heavy atom. The number of benzene rings is 2. The van der Waals surface area contributed by atoms with Crippen LogP contribution in [0.15, 0.2) is 42.5 Å². The molecule has 9 heteroatoms. The summed E-state index contributed by atoms with van der Waals surface area (Å²) in [6.07, 6.45) is -3.10. The number of halogens is 2. The normalized spacial score (nSPS) is 14.1. The molecule has 2 aromatic carbocycles.